The molecule has 1 unspecified atom stereocenters. The summed E-state index contributed by atoms with van der Waals surface area (Å²) in [6, 6.07) is 3.72. The van der Waals surface area contributed by atoms with Crippen LogP contribution in [0.3, 0.4) is 0 Å². The van der Waals surface area contributed by atoms with Crippen molar-refractivity contribution in [2.45, 2.75) is 18.8 Å². The highest BCUT2D eigenvalue weighted by molar-refractivity contribution is 5.92. The fourth-order valence-corrected chi connectivity index (χ4v) is 2.71. The minimum Gasteiger partial charge on any atom is -0.396 e. The first kappa shape index (κ1) is 13.8. The number of nitrogens with one attached hydrogen (secondary N) is 1. The molecule has 1 amide bonds. The molecule has 1 saturated heterocycles. The van der Waals surface area contributed by atoms with E-state index in [2.05, 4.69) is 15.3 Å². The Hall–Kier alpha value is -2.15. The molecule has 3 rings (SSSR count). The number of amides is 1. The second-order valence-electron chi connectivity index (χ2n) is 5.40. The van der Waals surface area contributed by atoms with Gasteiger partial charge in [0.15, 0.2) is 0 Å². The second kappa shape index (κ2) is 5.69. The number of H-pyrrole nitrogens is 1. The van der Waals surface area contributed by atoms with Gasteiger partial charge in [0, 0.05) is 51.0 Å². The second-order valence-corrected chi connectivity index (χ2v) is 5.40. The van der Waals surface area contributed by atoms with Crippen molar-refractivity contribution in [3.8, 4) is 0 Å². The number of hydrogen-bond acceptors (Lipinski definition) is 4. The Morgan fingerprint density at radius 2 is 2.43 bits per heavy atom. The van der Waals surface area contributed by atoms with Gasteiger partial charge in [-0.3, -0.25) is 14.6 Å². The van der Waals surface area contributed by atoms with Crippen LogP contribution in [0.4, 0.5) is 0 Å². The highest BCUT2D eigenvalue weighted by Gasteiger charge is 2.30. The number of aryl methyl sites for hydroxylation is 1. The van der Waals surface area contributed by atoms with Gasteiger partial charge in [0.25, 0.3) is 5.91 Å². The van der Waals surface area contributed by atoms with Crippen LogP contribution in [0.2, 0.25) is 0 Å². The standard InChI is InChI=1S/C14H19N5O2/c1-18-5-3-12(17-18)14(21)19-6-2-10(9-19)13-8-11(4-7-20)15-16-13/h3,5,8,10,20H,2,4,6-7,9H2,1H3,(H,15,16). The van der Waals surface area contributed by atoms with Gasteiger partial charge < -0.3 is 10.0 Å². The lowest BCUT2D eigenvalue weighted by atomic mass is 10.0. The molecule has 2 N–H and O–H groups in total. The lowest BCUT2D eigenvalue weighted by molar-refractivity contribution is 0.0784. The van der Waals surface area contributed by atoms with E-state index in [9.17, 15) is 4.79 Å². The van der Waals surface area contributed by atoms with E-state index in [0.717, 1.165) is 24.4 Å². The molecule has 7 nitrogen and oxygen atoms in total. The number of aromatic nitrogens is 4. The monoisotopic (exact) mass is 289 g/mol. The number of aliphatic hydroxyl groups is 1. The van der Waals surface area contributed by atoms with E-state index >= 15 is 0 Å². The molecule has 2 aromatic rings. The summed E-state index contributed by atoms with van der Waals surface area (Å²) in [6.45, 7) is 1.50. The summed E-state index contributed by atoms with van der Waals surface area (Å²) < 4.78 is 1.63. The van der Waals surface area contributed by atoms with Gasteiger partial charge in [0.05, 0.1) is 5.69 Å². The van der Waals surface area contributed by atoms with Crippen molar-refractivity contribution in [3.63, 3.8) is 0 Å². The van der Waals surface area contributed by atoms with Gasteiger partial charge in [-0.15, -0.1) is 0 Å². The first-order valence-electron chi connectivity index (χ1n) is 7.11. The van der Waals surface area contributed by atoms with E-state index in [1.54, 1.807) is 24.0 Å². The number of likely N-dealkylation sites (tertiary alicyclic amines) is 1. The fraction of sp³-hybridized carbons (Fsp3) is 0.500. The largest absolute Gasteiger partial charge is 0.396 e. The zero-order valence-electron chi connectivity index (χ0n) is 12.0. The Kier molecular flexibility index (Phi) is 3.74. The molecule has 0 radical (unpaired) electrons. The predicted molar refractivity (Wildman–Crippen MR) is 75.8 cm³/mol. The lowest BCUT2D eigenvalue weighted by Gasteiger charge is -2.14. The molecule has 0 saturated carbocycles. The molecule has 0 aliphatic carbocycles. The Morgan fingerprint density at radius 1 is 1.57 bits per heavy atom. The topological polar surface area (TPSA) is 87.0 Å². The highest BCUT2D eigenvalue weighted by atomic mass is 16.3. The molecule has 0 aromatic carbocycles. The first-order chi connectivity index (χ1) is 10.2. The van der Waals surface area contributed by atoms with Crippen LogP contribution in [0, 0.1) is 0 Å². The van der Waals surface area contributed by atoms with Crippen LogP contribution >= 0.6 is 0 Å². The number of hydrogen-bond donors (Lipinski definition) is 2. The minimum atomic E-state index is -0.0239. The maximum atomic E-state index is 12.3. The number of rotatable bonds is 4. The summed E-state index contributed by atoms with van der Waals surface area (Å²) in [7, 11) is 1.80. The van der Waals surface area contributed by atoms with Crippen molar-refractivity contribution in [2.75, 3.05) is 19.7 Å². The summed E-state index contributed by atoms with van der Waals surface area (Å²) >= 11 is 0. The SMILES string of the molecule is Cn1ccc(C(=O)N2CCC(c3cc(CCO)[nH]n3)C2)n1. The fourth-order valence-electron chi connectivity index (χ4n) is 2.71. The lowest BCUT2D eigenvalue weighted by Crippen LogP contribution is -2.29. The van der Waals surface area contributed by atoms with Crippen molar-refractivity contribution >= 4 is 5.91 Å². The normalized spacial score (nSPS) is 18.4. The van der Waals surface area contributed by atoms with Crippen LogP contribution in [0.5, 0.6) is 0 Å². The molecule has 3 heterocycles. The van der Waals surface area contributed by atoms with E-state index < -0.39 is 0 Å². The van der Waals surface area contributed by atoms with Crippen LogP contribution in [-0.4, -0.2) is 55.6 Å². The van der Waals surface area contributed by atoms with E-state index in [0.29, 0.717) is 18.7 Å². The smallest absolute Gasteiger partial charge is 0.274 e. The third-order valence-corrected chi connectivity index (χ3v) is 3.86. The van der Waals surface area contributed by atoms with Crippen molar-refractivity contribution < 1.29 is 9.90 Å². The number of carbonyl (C=O) groups excluding carboxylic acids is 1. The zero-order chi connectivity index (χ0) is 14.8. The molecule has 0 bridgehead atoms. The summed E-state index contributed by atoms with van der Waals surface area (Å²) in [5.74, 6) is 0.227. The van der Waals surface area contributed by atoms with Gasteiger partial charge in [-0.05, 0) is 18.6 Å². The molecule has 0 spiro atoms. The van der Waals surface area contributed by atoms with Crippen LogP contribution in [0.15, 0.2) is 18.3 Å². The van der Waals surface area contributed by atoms with Crippen molar-refractivity contribution in [1.29, 1.82) is 0 Å². The summed E-state index contributed by atoms with van der Waals surface area (Å²) in [5.41, 5.74) is 2.39. The average molecular weight is 289 g/mol. The average Bonchev–Trinajstić information content (AvgIpc) is 3.17. The van der Waals surface area contributed by atoms with Gasteiger partial charge in [-0.25, -0.2) is 0 Å². The van der Waals surface area contributed by atoms with E-state index in [-0.39, 0.29) is 18.4 Å². The quantitative estimate of drug-likeness (QED) is 0.848. The van der Waals surface area contributed by atoms with E-state index in [1.165, 1.54) is 0 Å². The molecule has 112 valence electrons. The number of aromatic amines is 1. The maximum absolute atomic E-state index is 12.3. The maximum Gasteiger partial charge on any atom is 0.274 e. The van der Waals surface area contributed by atoms with Crippen LogP contribution in [0.1, 0.15) is 34.2 Å². The molecule has 1 aliphatic rings. The summed E-state index contributed by atoms with van der Waals surface area (Å²) in [6.07, 6.45) is 3.26. The number of aliphatic hydroxyl groups excluding tert-OH is 1. The van der Waals surface area contributed by atoms with Crippen molar-refractivity contribution in [1.82, 2.24) is 24.9 Å². The Balaban J connectivity index is 1.65. The van der Waals surface area contributed by atoms with Crippen LogP contribution < -0.4 is 0 Å². The first-order valence-corrected chi connectivity index (χ1v) is 7.11. The molecular formula is C14H19N5O2. The van der Waals surface area contributed by atoms with Crippen molar-refractivity contribution in [2.24, 2.45) is 7.05 Å². The molecular weight excluding hydrogens is 270 g/mol. The molecule has 1 aliphatic heterocycles. The Labute approximate surface area is 122 Å². The Bertz CT molecular complexity index is 633. The van der Waals surface area contributed by atoms with E-state index in [1.807, 2.05) is 11.0 Å². The van der Waals surface area contributed by atoms with Crippen LogP contribution in [-0.2, 0) is 13.5 Å². The molecule has 7 heteroatoms. The molecule has 2 aromatic heterocycles. The predicted octanol–water partition coefficient (Wildman–Crippen LogP) is 0.308. The zero-order valence-corrected chi connectivity index (χ0v) is 12.0. The molecule has 21 heavy (non-hydrogen) atoms. The van der Waals surface area contributed by atoms with Gasteiger partial charge >= 0.3 is 0 Å². The van der Waals surface area contributed by atoms with Crippen molar-refractivity contribution in [3.05, 3.63) is 35.4 Å². The van der Waals surface area contributed by atoms with E-state index in [4.69, 9.17) is 5.11 Å². The third kappa shape index (κ3) is 2.82. The minimum absolute atomic E-state index is 0.0239. The highest BCUT2D eigenvalue weighted by Crippen LogP contribution is 2.27. The number of nitrogens with zero attached hydrogens (tertiary/aromatic N) is 4. The Morgan fingerprint density at radius 3 is 3.14 bits per heavy atom. The summed E-state index contributed by atoms with van der Waals surface area (Å²) in [5, 5.41) is 20.3. The van der Waals surface area contributed by atoms with Gasteiger partial charge in [-0.2, -0.15) is 10.2 Å². The third-order valence-electron chi connectivity index (χ3n) is 3.86. The van der Waals surface area contributed by atoms with Gasteiger partial charge in [0.1, 0.15) is 5.69 Å². The summed E-state index contributed by atoms with van der Waals surface area (Å²) in [4.78, 5) is 14.2. The molecule has 1 atom stereocenters. The number of carbonyl (C=O) groups is 1. The van der Waals surface area contributed by atoms with Gasteiger partial charge in [-0.1, -0.05) is 0 Å². The van der Waals surface area contributed by atoms with Gasteiger partial charge in [0.2, 0.25) is 0 Å². The van der Waals surface area contributed by atoms with Crippen LogP contribution in [0.25, 0.3) is 0 Å². The molecule has 1 fully saturated rings.